The van der Waals surface area contributed by atoms with Gasteiger partial charge in [-0.15, -0.1) is 0 Å². The van der Waals surface area contributed by atoms with Gasteiger partial charge in [0.15, 0.2) is 0 Å². The van der Waals surface area contributed by atoms with Crippen LogP contribution in [0.1, 0.15) is 53.4 Å². The summed E-state index contributed by atoms with van der Waals surface area (Å²) in [5, 5.41) is 12.6. The first-order valence-corrected chi connectivity index (χ1v) is 8.01. The first-order chi connectivity index (χ1) is 9.29. The molecule has 2 saturated carbocycles. The fourth-order valence-corrected chi connectivity index (χ4v) is 3.49. The zero-order chi connectivity index (χ0) is 14.9. The molecular weight excluding hydrogens is 252 g/mol. The molecule has 2 aliphatic rings. The van der Waals surface area contributed by atoms with Crippen LogP contribution >= 0.6 is 0 Å². The lowest BCUT2D eigenvalue weighted by Gasteiger charge is -2.49. The quantitative estimate of drug-likeness (QED) is 0.785. The van der Waals surface area contributed by atoms with E-state index in [4.69, 9.17) is 5.11 Å². The van der Waals surface area contributed by atoms with Gasteiger partial charge >= 0.3 is 5.97 Å². The van der Waals surface area contributed by atoms with Crippen LogP contribution in [0.4, 0.5) is 0 Å². The van der Waals surface area contributed by atoms with E-state index in [9.17, 15) is 4.79 Å². The Morgan fingerprint density at radius 3 is 2.20 bits per heavy atom. The van der Waals surface area contributed by atoms with E-state index in [0.29, 0.717) is 23.5 Å². The molecule has 0 heterocycles. The van der Waals surface area contributed by atoms with Gasteiger partial charge in [-0.2, -0.15) is 0 Å². The highest BCUT2D eigenvalue weighted by Gasteiger charge is 2.40. The molecule has 0 atom stereocenters. The normalized spacial score (nSPS) is 33.6. The smallest absolute Gasteiger partial charge is 0.317 e. The van der Waals surface area contributed by atoms with Crippen molar-refractivity contribution in [3.63, 3.8) is 0 Å². The number of nitrogens with zero attached hydrogens (tertiary/aromatic N) is 1. The molecule has 20 heavy (non-hydrogen) atoms. The predicted molar refractivity (Wildman–Crippen MR) is 80.8 cm³/mol. The molecule has 0 aromatic heterocycles. The second-order valence-electron chi connectivity index (χ2n) is 7.68. The van der Waals surface area contributed by atoms with Gasteiger partial charge in [-0.25, -0.2) is 0 Å². The van der Waals surface area contributed by atoms with E-state index in [2.05, 4.69) is 31.0 Å². The molecule has 0 aromatic rings. The van der Waals surface area contributed by atoms with E-state index in [0.717, 1.165) is 25.3 Å². The van der Waals surface area contributed by atoms with Crippen molar-refractivity contribution >= 4 is 5.97 Å². The molecule has 0 aromatic carbocycles. The minimum absolute atomic E-state index is 0.184. The third-order valence-electron chi connectivity index (χ3n) is 5.21. The van der Waals surface area contributed by atoms with Gasteiger partial charge in [0.1, 0.15) is 0 Å². The maximum atomic E-state index is 10.8. The molecule has 0 bridgehead atoms. The van der Waals surface area contributed by atoms with Crippen molar-refractivity contribution in [2.45, 2.75) is 71.5 Å². The van der Waals surface area contributed by atoms with E-state index in [1.54, 1.807) is 0 Å². The summed E-state index contributed by atoms with van der Waals surface area (Å²) >= 11 is 0. The molecule has 0 radical (unpaired) electrons. The van der Waals surface area contributed by atoms with Gasteiger partial charge in [-0.05, 0) is 43.6 Å². The Kier molecular flexibility index (Phi) is 4.75. The highest BCUT2D eigenvalue weighted by molar-refractivity contribution is 5.69. The highest BCUT2D eigenvalue weighted by Crippen LogP contribution is 2.42. The summed E-state index contributed by atoms with van der Waals surface area (Å²) in [6, 6.07) is 1.76. The van der Waals surface area contributed by atoms with E-state index in [1.807, 2.05) is 6.92 Å². The lowest BCUT2D eigenvalue weighted by Crippen LogP contribution is -2.58. The Labute approximate surface area is 122 Å². The Morgan fingerprint density at radius 1 is 1.20 bits per heavy atom. The van der Waals surface area contributed by atoms with E-state index in [1.165, 1.54) is 12.8 Å². The molecule has 2 fully saturated rings. The Bertz CT molecular complexity index is 339. The van der Waals surface area contributed by atoms with Crippen LogP contribution in [0.25, 0.3) is 0 Å². The van der Waals surface area contributed by atoms with Gasteiger partial charge in [0.2, 0.25) is 0 Å². The lowest BCUT2D eigenvalue weighted by molar-refractivity contribution is -0.139. The maximum Gasteiger partial charge on any atom is 0.317 e. The summed E-state index contributed by atoms with van der Waals surface area (Å²) in [5.74, 6) is 0.144. The molecular formula is C16H30N2O2. The summed E-state index contributed by atoms with van der Waals surface area (Å²) in [7, 11) is 0. The molecule has 0 spiro atoms. The fraction of sp³-hybridized carbons (Fsp3) is 0.938. The van der Waals surface area contributed by atoms with Crippen molar-refractivity contribution in [3.8, 4) is 0 Å². The van der Waals surface area contributed by atoms with Crippen LogP contribution < -0.4 is 5.32 Å². The van der Waals surface area contributed by atoms with Crippen molar-refractivity contribution in [2.75, 3.05) is 13.1 Å². The van der Waals surface area contributed by atoms with Gasteiger partial charge in [0, 0.05) is 18.1 Å². The molecule has 0 amide bonds. The molecule has 2 rings (SSSR count). The Balaban J connectivity index is 1.64. The number of rotatable bonds is 6. The van der Waals surface area contributed by atoms with Crippen LogP contribution in [-0.2, 0) is 4.79 Å². The Hall–Kier alpha value is -0.610. The number of carboxylic acids is 1. The second kappa shape index (κ2) is 6.02. The SMILES string of the molecule is CCN(CC(=O)O)C1CC(NC2CC(C(C)(C)C)C2)C1. The summed E-state index contributed by atoms with van der Waals surface area (Å²) in [6.45, 7) is 10.1. The first-order valence-electron chi connectivity index (χ1n) is 8.01. The molecule has 0 unspecified atom stereocenters. The van der Waals surface area contributed by atoms with Gasteiger partial charge in [-0.3, -0.25) is 9.69 Å². The second-order valence-corrected chi connectivity index (χ2v) is 7.68. The molecule has 116 valence electrons. The summed E-state index contributed by atoms with van der Waals surface area (Å²) in [4.78, 5) is 12.9. The highest BCUT2D eigenvalue weighted by atomic mass is 16.4. The zero-order valence-electron chi connectivity index (χ0n) is 13.4. The van der Waals surface area contributed by atoms with Crippen molar-refractivity contribution in [1.82, 2.24) is 10.2 Å². The largest absolute Gasteiger partial charge is 0.480 e. The maximum absolute atomic E-state index is 10.8. The van der Waals surface area contributed by atoms with Crippen LogP contribution in [0, 0.1) is 11.3 Å². The topological polar surface area (TPSA) is 52.6 Å². The average molecular weight is 282 g/mol. The molecule has 2 aliphatic carbocycles. The zero-order valence-corrected chi connectivity index (χ0v) is 13.4. The fourth-order valence-electron chi connectivity index (χ4n) is 3.49. The van der Waals surface area contributed by atoms with E-state index in [-0.39, 0.29) is 6.54 Å². The molecule has 4 nitrogen and oxygen atoms in total. The predicted octanol–water partition coefficient (Wildman–Crippen LogP) is 2.34. The van der Waals surface area contributed by atoms with Gasteiger partial charge in [0.05, 0.1) is 6.54 Å². The van der Waals surface area contributed by atoms with Crippen LogP contribution in [0.5, 0.6) is 0 Å². The molecule has 0 aliphatic heterocycles. The van der Waals surface area contributed by atoms with Gasteiger partial charge in [0.25, 0.3) is 0 Å². The van der Waals surface area contributed by atoms with Crippen LogP contribution in [-0.4, -0.2) is 47.2 Å². The lowest BCUT2D eigenvalue weighted by atomic mass is 9.65. The number of hydrogen-bond acceptors (Lipinski definition) is 3. The summed E-state index contributed by atoms with van der Waals surface area (Å²) < 4.78 is 0. The third-order valence-corrected chi connectivity index (χ3v) is 5.21. The molecule has 0 saturated heterocycles. The molecule has 2 N–H and O–H groups in total. The Morgan fingerprint density at radius 2 is 1.75 bits per heavy atom. The minimum Gasteiger partial charge on any atom is -0.480 e. The van der Waals surface area contributed by atoms with Crippen LogP contribution in [0.15, 0.2) is 0 Å². The third kappa shape index (κ3) is 3.73. The van der Waals surface area contributed by atoms with Crippen molar-refractivity contribution in [3.05, 3.63) is 0 Å². The van der Waals surface area contributed by atoms with Gasteiger partial charge in [-0.1, -0.05) is 27.7 Å². The number of carbonyl (C=O) groups is 1. The minimum atomic E-state index is -0.713. The van der Waals surface area contributed by atoms with E-state index < -0.39 is 5.97 Å². The number of likely N-dealkylation sites (N-methyl/N-ethyl adjacent to an activating group) is 1. The van der Waals surface area contributed by atoms with Crippen molar-refractivity contribution in [2.24, 2.45) is 11.3 Å². The first kappa shape index (κ1) is 15.8. The molecule has 4 heteroatoms. The number of hydrogen-bond donors (Lipinski definition) is 2. The average Bonchev–Trinajstić information content (AvgIpc) is 2.19. The number of aliphatic carboxylic acids is 1. The van der Waals surface area contributed by atoms with E-state index >= 15 is 0 Å². The number of nitrogens with one attached hydrogen (secondary N) is 1. The summed E-state index contributed by atoms with van der Waals surface area (Å²) in [6.07, 6.45) is 4.82. The van der Waals surface area contributed by atoms with Crippen LogP contribution in [0.2, 0.25) is 0 Å². The number of carboxylic acid groups (broad SMARTS) is 1. The van der Waals surface area contributed by atoms with Crippen molar-refractivity contribution < 1.29 is 9.90 Å². The standard InChI is InChI=1S/C16H30N2O2/c1-5-18(10-15(19)20)14-8-13(9-14)17-12-6-11(7-12)16(2,3)4/h11-14,17H,5-10H2,1-4H3,(H,19,20). The van der Waals surface area contributed by atoms with Gasteiger partial charge < -0.3 is 10.4 Å². The van der Waals surface area contributed by atoms with Crippen LogP contribution in [0.3, 0.4) is 0 Å². The monoisotopic (exact) mass is 282 g/mol. The van der Waals surface area contributed by atoms with Crippen molar-refractivity contribution in [1.29, 1.82) is 0 Å². The summed E-state index contributed by atoms with van der Waals surface area (Å²) in [5.41, 5.74) is 0.445.